The number of fused-ring (bicyclic) bond motifs is 1. The van der Waals surface area contributed by atoms with Crippen LogP contribution in [0.1, 0.15) is 38.0 Å². The summed E-state index contributed by atoms with van der Waals surface area (Å²) in [5.74, 6) is 1.89. The van der Waals surface area contributed by atoms with Gasteiger partial charge in [-0.2, -0.15) is 4.98 Å². The van der Waals surface area contributed by atoms with E-state index in [1.807, 2.05) is 0 Å². The van der Waals surface area contributed by atoms with Gasteiger partial charge in [-0.3, -0.25) is 0 Å². The van der Waals surface area contributed by atoms with Crippen molar-refractivity contribution in [1.82, 2.24) is 9.97 Å². The molecule has 108 valence electrons. The zero-order chi connectivity index (χ0) is 14.1. The standard InChI is InChI=1S/C15H22N4S/c1-4-11-7-6-8-19(11)13-12-9-10(3)20-14(12)18-15(17-13)16-5-2/h9,11H,4-8H2,1-3H3,(H,16,17,18). The molecule has 3 heterocycles. The van der Waals surface area contributed by atoms with Crippen molar-refractivity contribution in [3.05, 3.63) is 10.9 Å². The first-order valence-electron chi connectivity index (χ1n) is 7.51. The van der Waals surface area contributed by atoms with Crippen molar-refractivity contribution >= 4 is 33.3 Å². The number of anilines is 2. The minimum atomic E-state index is 0.628. The van der Waals surface area contributed by atoms with Gasteiger partial charge in [-0.15, -0.1) is 11.3 Å². The average Bonchev–Trinajstić information content (AvgIpc) is 3.03. The van der Waals surface area contributed by atoms with Crippen LogP contribution in [0.3, 0.4) is 0 Å². The SMILES string of the molecule is CCNc1nc(N2CCCC2CC)c2cc(C)sc2n1. The quantitative estimate of drug-likeness (QED) is 0.929. The molecule has 0 bridgehead atoms. The summed E-state index contributed by atoms with van der Waals surface area (Å²) in [6, 6.07) is 2.86. The summed E-state index contributed by atoms with van der Waals surface area (Å²) in [6.45, 7) is 8.46. The highest BCUT2D eigenvalue weighted by atomic mass is 32.1. The Morgan fingerprint density at radius 2 is 2.25 bits per heavy atom. The number of rotatable bonds is 4. The third-order valence-corrected chi connectivity index (χ3v) is 4.90. The molecule has 1 atom stereocenters. The maximum absolute atomic E-state index is 4.79. The summed E-state index contributed by atoms with van der Waals surface area (Å²) >= 11 is 1.76. The van der Waals surface area contributed by atoms with Crippen LogP contribution in [-0.4, -0.2) is 29.1 Å². The van der Waals surface area contributed by atoms with Crippen LogP contribution in [0, 0.1) is 6.92 Å². The Morgan fingerprint density at radius 3 is 3.00 bits per heavy atom. The first kappa shape index (κ1) is 13.6. The molecule has 0 aromatic carbocycles. The van der Waals surface area contributed by atoms with Gasteiger partial charge in [0.2, 0.25) is 5.95 Å². The molecule has 0 saturated carbocycles. The molecule has 1 N–H and O–H groups in total. The predicted octanol–water partition coefficient (Wildman–Crippen LogP) is 3.81. The number of nitrogens with zero attached hydrogens (tertiary/aromatic N) is 3. The summed E-state index contributed by atoms with van der Waals surface area (Å²) in [7, 11) is 0. The van der Waals surface area contributed by atoms with Gasteiger partial charge in [0.1, 0.15) is 10.6 Å². The van der Waals surface area contributed by atoms with E-state index in [1.54, 1.807) is 11.3 Å². The van der Waals surface area contributed by atoms with Crippen LogP contribution in [0.5, 0.6) is 0 Å². The van der Waals surface area contributed by atoms with Crippen molar-refractivity contribution in [2.75, 3.05) is 23.3 Å². The van der Waals surface area contributed by atoms with Crippen LogP contribution in [0.15, 0.2) is 6.07 Å². The normalized spacial score (nSPS) is 18.9. The smallest absolute Gasteiger partial charge is 0.226 e. The largest absolute Gasteiger partial charge is 0.354 e. The first-order valence-corrected chi connectivity index (χ1v) is 8.33. The van der Waals surface area contributed by atoms with Gasteiger partial charge < -0.3 is 10.2 Å². The Hall–Kier alpha value is -1.36. The van der Waals surface area contributed by atoms with E-state index in [4.69, 9.17) is 4.98 Å². The second-order valence-electron chi connectivity index (χ2n) is 5.37. The molecule has 2 aromatic heterocycles. The third-order valence-electron chi connectivity index (χ3n) is 3.95. The highest BCUT2D eigenvalue weighted by Gasteiger charge is 2.26. The van der Waals surface area contributed by atoms with E-state index in [9.17, 15) is 0 Å². The molecule has 0 spiro atoms. The Kier molecular flexibility index (Phi) is 3.78. The predicted molar refractivity (Wildman–Crippen MR) is 87.0 cm³/mol. The van der Waals surface area contributed by atoms with Gasteiger partial charge in [0, 0.05) is 24.0 Å². The molecule has 0 radical (unpaired) electrons. The number of aromatic nitrogens is 2. The van der Waals surface area contributed by atoms with E-state index < -0.39 is 0 Å². The molecule has 0 amide bonds. The minimum Gasteiger partial charge on any atom is -0.354 e. The van der Waals surface area contributed by atoms with E-state index in [0.717, 1.165) is 29.7 Å². The molecular formula is C15H22N4S. The van der Waals surface area contributed by atoms with Crippen molar-refractivity contribution in [1.29, 1.82) is 0 Å². The lowest BCUT2D eigenvalue weighted by Gasteiger charge is -2.25. The van der Waals surface area contributed by atoms with Crippen molar-refractivity contribution in [3.8, 4) is 0 Å². The number of nitrogens with one attached hydrogen (secondary N) is 1. The molecule has 2 aromatic rings. The molecule has 0 aliphatic carbocycles. The van der Waals surface area contributed by atoms with Crippen LogP contribution in [0.2, 0.25) is 0 Å². The van der Waals surface area contributed by atoms with Gasteiger partial charge in [0.05, 0.1) is 5.39 Å². The van der Waals surface area contributed by atoms with Gasteiger partial charge in [0.25, 0.3) is 0 Å². The highest BCUT2D eigenvalue weighted by molar-refractivity contribution is 7.18. The van der Waals surface area contributed by atoms with Crippen molar-refractivity contribution in [2.24, 2.45) is 0 Å². The van der Waals surface area contributed by atoms with Crippen molar-refractivity contribution in [2.45, 2.75) is 46.1 Å². The molecule has 1 saturated heterocycles. The number of thiophene rings is 1. The monoisotopic (exact) mass is 290 g/mol. The number of hydrogen-bond donors (Lipinski definition) is 1. The summed E-state index contributed by atoms with van der Waals surface area (Å²) in [5.41, 5.74) is 0. The molecule has 4 nitrogen and oxygen atoms in total. The van der Waals surface area contributed by atoms with Crippen LogP contribution in [-0.2, 0) is 0 Å². The first-order chi connectivity index (χ1) is 9.72. The molecule has 3 rings (SSSR count). The Bertz CT molecular complexity index is 607. The average molecular weight is 290 g/mol. The fraction of sp³-hybridized carbons (Fsp3) is 0.600. The maximum atomic E-state index is 4.79. The van der Waals surface area contributed by atoms with Crippen LogP contribution >= 0.6 is 11.3 Å². The zero-order valence-electron chi connectivity index (χ0n) is 12.4. The van der Waals surface area contributed by atoms with Gasteiger partial charge in [-0.05, 0) is 39.2 Å². The van der Waals surface area contributed by atoms with E-state index in [0.29, 0.717) is 6.04 Å². The van der Waals surface area contributed by atoms with Crippen LogP contribution < -0.4 is 10.2 Å². The lowest BCUT2D eigenvalue weighted by Crippen LogP contribution is -2.29. The Morgan fingerprint density at radius 1 is 1.40 bits per heavy atom. The van der Waals surface area contributed by atoms with Gasteiger partial charge in [-0.1, -0.05) is 6.92 Å². The molecule has 1 aliphatic heterocycles. The summed E-state index contributed by atoms with van der Waals surface area (Å²) in [6.07, 6.45) is 3.73. The number of aryl methyl sites for hydroxylation is 1. The topological polar surface area (TPSA) is 41.1 Å². The van der Waals surface area contributed by atoms with E-state index in [1.165, 1.54) is 29.5 Å². The second-order valence-corrected chi connectivity index (χ2v) is 6.61. The molecule has 1 unspecified atom stereocenters. The van der Waals surface area contributed by atoms with E-state index in [2.05, 4.69) is 42.0 Å². The van der Waals surface area contributed by atoms with Crippen LogP contribution in [0.25, 0.3) is 10.2 Å². The fourth-order valence-electron chi connectivity index (χ4n) is 3.02. The van der Waals surface area contributed by atoms with Gasteiger partial charge in [0.15, 0.2) is 0 Å². The number of hydrogen-bond acceptors (Lipinski definition) is 5. The molecule has 5 heteroatoms. The van der Waals surface area contributed by atoms with E-state index >= 15 is 0 Å². The van der Waals surface area contributed by atoms with Crippen molar-refractivity contribution < 1.29 is 0 Å². The Labute approximate surface area is 124 Å². The van der Waals surface area contributed by atoms with Gasteiger partial charge in [-0.25, -0.2) is 4.98 Å². The molecule has 1 aliphatic rings. The lowest BCUT2D eigenvalue weighted by molar-refractivity contribution is 0.642. The fourth-order valence-corrected chi connectivity index (χ4v) is 3.90. The molecule has 1 fully saturated rings. The zero-order valence-corrected chi connectivity index (χ0v) is 13.3. The molecule has 20 heavy (non-hydrogen) atoms. The summed E-state index contributed by atoms with van der Waals surface area (Å²) in [5, 5.41) is 4.48. The third kappa shape index (κ3) is 2.35. The van der Waals surface area contributed by atoms with Gasteiger partial charge >= 0.3 is 0 Å². The van der Waals surface area contributed by atoms with Crippen LogP contribution in [0.4, 0.5) is 11.8 Å². The lowest BCUT2D eigenvalue weighted by atomic mass is 10.1. The second kappa shape index (κ2) is 5.56. The maximum Gasteiger partial charge on any atom is 0.226 e. The summed E-state index contributed by atoms with van der Waals surface area (Å²) < 4.78 is 0. The Balaban J connectivity index is 2.11. The molecular weight excluding hydrogens is 268 g/mol. The summed E-state index contributed by atoms with van der Waals surface area (Å²) in [4.78, 5) is 14.3. The highest BCUT2D eigenvalue weighted by Crippen LogP contribution is 2.35. The van der Waals surface area contributed by atoms with Crippen molar-refractivity contribution in [3.63, 3.8) is 0 Å². The minimum absolute atomic E-state index is 0.628. The van der Waals surface area contributed by atoms with E-state index in [-0.39, 0.29) is 0 Å².